The highest BCUT2D eigenvalue weighted by Crippen LogP contribution is 2.31. The normalized spacial score (nSPS) is 16.8. The van der Waals surface area contributed by atoms with Crippen molar-refractivity contribution in [2.45, 2.75) is 43.4 Å². The molecule has 168 valence electrons. The predicted octanol–water partition coefficient (Wildman–Crippen LogP) is 1.75. The third kappa shape index (κ3) is 6.67. The van der Waals surface area contributed by atoms with Gasteiger partial charge in [-0.25, -0.2) is 8.42 Å². The number of carbonyl (C=O) groups is 1. The van der Waals surface area contributed by atoms with Gasteiger partial charge in [-0.3, -0.25) is 4.79 Å². The third-order valence-corrected chi connectivity index (χ3v) is 6.39. The number of piperidine rings is 1. The smallest absolute Gasteiger partial charge is 0.391 e. The van der Waals surface area contributed by atoms with E-state index in [0.717, 1.165) is 22.5 Å². The van der Waals surface area contributed by atoms with Crippen molar-refractivity contribution in [3.8, 4) is 0 Å². The molecule has 0 spiro atoms. The van der Waals surface area contributed by atoms with Crippen LogP contribution in [0.25, 0.3) is 0 Å². The zero-order valence-corrected chi connectivity index (χ0v) is 17.2. The van der Waals surface area contributed by atoms with Gasteiger partial charge in [0.15, 0.2) is 6.61 Å². The Morgan fingerprint density at radius 3 is 2.60 bits per heavy atom. The van der Waals surface area contributed by atoms with Gasteiger partial charge in [-0.2, -0.15) is 17.5 Å². The summed E-state index contributed by atoms with van der Waals surface area (Å²) >= 11 is 0. The van der Waals surface area contributed by atoms with Crippen molar-refractivity contribution in [3.63, 3.8) is 0 Å². The second-order valence-corrected chi connectivity index (χ2v) is 8.66. The van der Waals surface area contributed by atoms with Crippen LogP contribution in [0, 0.1) is 0 Å². The molecule has 1 unspecified atom stereocenters. The number of halogens is 3. The Kier molecular flexibility index (Phi) is 8.21. The number of oxime groups is 1. The molecule has 1 aromatic rings. The van der Waals surface area contributed by atoms with Crippen LogP contribution in [0.1, 0.15) is 31.7 Å². The maximum atomic E-state index is 12.9. The summed E-state index contributed by atoms with van der Waals surface area (Å²) in [4.78, 5) is 16.1. The van der Waals surface area contributed by atoms with Gasteiger partial charge in [0.1, 0.15) is 0 Å². The van der Waals surface area contributed by atoms with Crippen molar-refractivity contribution < 1.29 is 36.3 Å². The van der Waals surface area contributed by atoms with Gasteiger partial charge in [0.25, 0.3) is 5.91 Å². The summed E-state index contributed by atoms with van der Waals surface area (Å²) in [5.74, 6) is -0.448. The molecular weight excluding hydrogens is 427 g/mol. The molecule has 2 N–H and O–H groups in total. The number of alkyl halides is 3. The fourth-order valence-corrected chi connectivity index (χ4v) is 4.15. The number of nitrogens with one attached hydrogen (secondary N) is 1. The highest BCUT2D eigenvalue weighted by Gasteiger charge is 2.33. The molecule has 1 aliphatic heterocycles. The van der Waals surface area contributed by atoms with Gasteiger partial charge in [-0.15, -0.1) is 0 Å². The lowest BCUT2D eigenvalue weighted by Gasteiger charge is -2.26. The first kappa shape index (κ1) is 24.1. The molecular formula is C18H24F3N3O5S. The highest BCUT2D eigenvalue weighted by molar-refractivity contribution is 7.89. The molecule has 1 saturated heterocycles. The summed E-state index contributed by atoms with van der Waals surface area (Å²) < 4.78 is 64.9. The quantitative estimate of drug-likeness (QED) is 0.586. The van der Waals surface area contributed by atoms with E-state index in [1.165, 1.54) is 0 Å². The average molecular weight is 451 g/mol. The first-order valence-corrected chi connectivity index (χ1v) is 10.8. The van der Waals surface area contributed by atoms with E-state index in [4.69, 9.17) is 4.84 Å². The number of rotatable bonds is 8. The van der Waals surface area contributed by atoms with Crippen molar-refractivity contribution in [3.05, 3.63) is 29.8 Å². The number of nitrogens with zero attached hydrogens (tertiary/aromatic N) is 2. The summed E-state index contributed by atoms with van der Waals surface area (Å²) in [5.41, 5.74) is -0.479. The van der Waals surface area contributed by atoms with Crippen LogP contribution in [0.4, 0.5) is 13.2 Å². The Balaban J connectivity index is 1.89. The number of aliphatic hydroxyl groups is 1. The molecule has 12 heteroatoms. The standard InChI is InChI=1S/C18H24F3N3O5S/c1-2-15(25)11-22-17(26)12-29-23-14-6-8-24(9-7-14)30(27,28)16-5-3-4-13(10-16)18(19,20)21/h3-5,10,15,25H,2,6-9,11-12H2,1H3,(H,22,26). The fourth-order valence-electron chi connectivity index (χ4n) is 2.67. The molecule has 0 aromatic heterocycles. The molecule has 1 aromatic carbocycles. The Labute approximate surface area is 172 Å². The minimum absolute atomic E-state index is 0.0374. The lowest BCUT2D eigenvalue weighted by Crippen LogP contribution is -2.39. The summed E-state index contributed by atoms with van der Waals surface area (Å²) in [6.45, 7) is 1.62. The van der Waals surface area contributed by atoms with Crippen LogP contribution in [0.5, 0.6) is 0 Å². The second-order valence-electron chi connectivity index (χ2n) is 6.73. The number of hydrogen-bond donors (Lipinski definition) is 2. The van der Waals surface area contributed by atoms with Crippen molar-refractivity contribution in [1.82, 2.24) is 9.62 Å². The van der Waals surface area contributed by atoms with E-state index in [1.54, 1.807) is 6.92 Å². The number of carbonyl (C=O) groups excluding carboxylic acids is 1. The molecule has 0 bridgehead atoms. The van der Waals surface area contributed by atoms with E-state index >= 15 is 0 Å². The molecule has 1 fully saturated rings. The number of aliphatic hydroxyl groups excluding tert-OH is 1. The lowest BCUT2D eigenvalue weighted by molar-refractivity contribution is -0.137. The van der Waals surface area contributed by atoms with E-state index < -0.39 is 38.7 Å². The van der Waals surface area contributed by atoms with Gasteiger partial charge >= 0.3 is 6.18 Å². The minimum Gasteiger partial charge on any atom is -0.391 e. The molecule has 30 heavy (non-hydrogen) atoms. The third-order valence-electron chi connectivity index (χ3n) is 4.49. The molecule has 0 saturated carbocycles. The molecule has 0 aliphatic carbocycles. The van der Waals surface area contributed by atoms with Crippen molar-refractivity contribution in [1.29, 1.82) is 0 Å². The van der Waals surface area contributed by atoms with Crippen molar-refractivity contribution in [2.24, 2.45) is 5.16 Å². The molecule has 1 atom stereocenters. The first-order chi connectivity index (χ1) is 14.0. The predicted molar refractivity (Wildman–Crippen MR) is 102 cm³/mol. The van der Waals surface area contributed by atoms with Crippen molar-refractivity contribution in [2.75, 3.05) is 26.2 Å². The summed E-state index contributed by atoms with van der Waals surface area (Å²) in [7, 11) is -4.07. The zero-order chi connectivity index (χ0) is 22.4. The van der Waals surface area contributed by atoms with Crippen LogP contribution in [-0.2, 0) is 25.8 Å². The lowest BCUT2D eigenvalue weighted by atomic mass is 10.1. The monoisotopic (exact) mass is 451 g/mol. The molecule has 2 rings (SSSR count). The fraction of sp³-hybridized carbons (Fsp3) is 0.556. The van der Waals surface area contributed by atoms with E-state index in [0.29, 0.717) is 18.2 Å². The highest BCUT2D eigenvalue weighted by atomic mass is 32.2. The maximum Gasteiger partial charge on any atom is 0.416 e. The molecule has 0 radical (unpaired) electrons. The number of benzene rings is 1. The van der Waals surface area contributed by atoms with E-state index in [1.807, 2.05) is 0 Å². The average Bonchev–Trinajstić information content (AvgIpc) is 2.72. The number of hydrogen-bond acceptors (Lipinski definition) is 6. The first-order valence-electron chi connectivity index (χ1n) is 9.34. The van der Waals surface area contributed by atoms with E-state index in [9.17, 15) is 31.5 Å². The van der Waals surface area contributed by atoms with Gasteiger partial charge in [-0.1, -0.05) is 18.1 Å². The van der Waals surface area contributed by atoms with Crippen LogP contribution in [-0.4, -0.2) is 61.8 Å². The van der Waals surface area contributed by atoms with Crippen molar-refractivity contribution >= 4 is 21.6 Å². The Morgan fingerprint density at radius 2 is 2.00 bits per heavy atom. The van der Waals surface area contributed by atoms with E-state index in [2.05, 4.69) is 10.5 Å². The molecule has 8 nitrogen and oxygen atoms in total. The molecule has 1 heterocycles. The summed E-state index contributed by atoms with van der Waals surface area (Å²) in [5, 5.41) is 15.7. The van der Waals surface area contributed by atoms with Crippen LogP contribution in [0.15, 0.2) is 34.3 Å². The Morgan fingerprint density at radius 1 is 1.33 bits per heavy atom. The van der Waals surface area contributed by atoms with Crippen LogP contribution < -0.4 is 5.32 Å². The van der Waals surface area contributed by atoms with Gasteiger partial charge in [0, 0.05) is 32.5 Å². The summed E-state index contributed by atoms with van der Waals surface area (Å²) in [6.07, 6.45) is -4.30. The van der Waals surface area contributed by atoms with Crippen LogP contribution >= 0.6 is 0 Å². The topological polar surface area (TPSA) is 108 Å². The van der Waals surface area contributed by atoms with Gasteiger partial charge < -0.3 is 15.3 Å². The Bertz CT molecular complexity index is 864. The maximum absolute atomic E-state index is 12.9. The Hall–Kier alpha value is -2.18. The van der Waals surface area contributed by atoms with Crippen LogP contribution in [0.3, 0.4) is 0 Å². The van der Waals surface area contributed by atoms with Crippen LogP contribution in [0.2, 0.25) is 0 Å². The second kappa shape index (κ2) is 10.2. The van der Waals surface area contributed by atoms with Gasteiger partial charge in [-0.05, 0) is 24.6 Å². The number of sulfonamides is 1. The SMILES string of the molecule is CCC(O)CNC(=O)CON=C1CCN(S(=O)(=O)c2cccc(C(F)(F)F)c2)CC1. The summed E-state index contributed by atoms with van der Waals surface area (Å²) in [6, 6.07) is 3.63. The molecule has 1 amide bonds. The molecule has 1 aliphatic rings. The number of amides is 1. The van der Waals surface area contributed by atoms with Gasteiger partial charge in [0.2, 0.25) is 10.0 Å². The largest absolute Gasteiger partial charge is 0.416 e. The van der Waals surface area contributed by atoms with Gasteiger partial charge in [0.05, 0.1) is 22.3 Å². The van der Waals surface area contributed by atoms with E-state index in [-0.39, 0.29) is 39.1 Å². The zero-order valence-electron chi connectivity index (χ0n) is 16.4. The minimum atomic E-state index is -4.63.